The maximum atomic E-state index is 15.0. The molecule has 1 aliphatic heterocycles. The molecule has 0 amide bonds. The fraction of sp³-hybridized carbons (Fsp3) is 0.440. The van der Waals surface area contributed by atoms with Crippen molar-refractivity contribution in [3.8, 4) is 11.5 Å². The van der Waals surface area contributed by atoms with E-state index in [1.165, 1.54) is 19.2 Å². The summed E-state index contributed by atoms with van der Waals surface area (Å²) in [5.41, 5.74) is -0.262. The van der Waals surface area contributed by atoms with Gasteiger partial charge in [-0.15, -0.1) is 0 Å². The topological polar surface area (TPSA) is 85.7 Å². The van der Waals surface area contributed by atoms with Crippen LogP contribution >= 0.6 is 0 Å². The second-order valence-electron chi connectivity index (χ2n) is 8.52. The molecule has 0 bridgehead atoms. The average Bonchev–Trinajstić information content (AvgIpc) is 3.36. The highest BCUT2D eigenvalue weighted by molar-refractivity contribution is 5.92. The van der Waals surface area contributed by atoms with Crippen LogP contribution in [0.25, 0.3) is 10.9 Å². The molecule has 7 nitrogen and oxygen atoms in total. The molecule has 0 spiro atoms. The zero-order chi connectivity index (χ0) is 25.2. The molecule has 1 aromatic heterocycles. The highest BCUT2D eigenvalue weighted by atomic mass is 19.3. The number of ether oxygens (including phenoxy) is 3. The number of anilines is 1. The third-order valence-electron chi connectivity index (χ3n) is 5.98. The van der Waals surface area contributed by atoms with Crippen LogP contribution in [0.3, 0.4) is 0 Å². The SMILES string of the molecule is COc1cc2nc(C)nc(N[C@H](C)c3cccc(C(F)(F)CO)c3F)c2cc1OC[C@H]1CCCO1. The molecular weight excluding hydrogens is 463 g/mol. The van der Waals surface area contributed by atoms with Gasteiger partial charge < -0.3 is 24.6 Å². The number of alkyl halides is 2. The van der Waals surface area contributed by atoms with Gasteiger partial charge in [-0.3, -0.25) is 0 Å². The van der Waals surface area contributed by atoms with E-state index in [0.717, 1.165) is 18.9 Å². The van der Waals surface area contributed by atoms with Crippen molar-refractivity contribution in [2.45, 2.75) is 44.8 Å². The van der Waals surface area contributed by atoms with Gasteiger partial charge in [-0.25, -0.2) is 14.4 Å². The highest BCUT2D eigenvalue weighted by Gasteiger charge is 2.35. The predicted octanol–water partition coefficient (Wildman–Crippen LogP) is 4.90. The largest absolute Gasteiger partial charge is 0.493 e. The van der Waals surface area contributed by atoms with Gasteiger partial charge in [-0.1, -0.05) is 12.1 Å². The van der Waals surface area contributed by atoms with Crippen molar-refractivity contribution in [2.75, 3.05) is 32.2 Å². The van der Waals surface area contributed by atoms with E-state index in [-0.39, 0.29) is 11.7 Å². The Kier molecular flexibility index (Phi) is 7.32. The van der Waals surface area contributed by atoms with E-state index in [1.54, 1.807) is 26.0 Å². The number of aryl methyl sites for hydroxylation is 1. The molecule has 2 atom stereocenters. The lowest BCUT2D eigenvalue weighted by Crippen LogP contribution is -2.22. The first-order valence-corrected chi connectivity index (χ1v) is 11.4. The minimum Gasteiger partial charge on any atom is -0.493 e. The van der Waals surface area contributed by atoms with Crippen molar-refractivity contribution in [1.29, 1.82) is 0 Å². The number of aliphatic hydroxyl groups excluding tert-OH is 1. The highest BCUT2D eigenvalue weighted by Crippen LogP contribution is 2.37. The van der Waals surface area contributed by atoms with Crippen LogP contribution in [0.15, 0.2) is 30.3 Å². The molecule has 0 aliphatic carbocycles. The van der Waals surface area contributed by atoms with Crippen LogP contribution in [0, 0.1) is 12.7 Å². The standard InChI is InChI=1S/C25H28F3N3O4/c1-14(17-7-4-8-19(23(17)26)25(27,28)13-32)29-24-18-10-22(35-12-16-6-5-9-34-16)21(33-3)11-20(18)30-15(2)31-24/h4,7-8,10-11,14,16,32H,5-6,9,12-13H2,1-3H3,(H,29,30,31)/t14-,16-/m1/s1. The molecule has 0 saturated carbocycles. The van der Waals surface area contributed by atoms with Crippen molar-refractivity contribution in [1.82, 2.24) is 9.97 Å². The molecule has 0 unspecified atom stereocenters. The lowest BCUT2D eigenvalue weighted by molar-refractivity contribution is -0.0583. The van der Waals surface area contributed by atoms with Crippen LogP contribution in [0.4, 0.5) is 19.0 Å². The van der Waals surface area contributed by atoms with Crippen molar-refractivity contribution in [2.24, 2.45) is 0 Å². The molecule has 2 heterocycles. The summed E-state index contributed by atoms with van der Waals surface area (Å²) >= 11 is 0. The second-order valence-corrected chi connectivity index (χ2v) is 8.52. The van der Waals surface area contributed by atoms with E-state index in [0.29, 0.717) is 47.3 Å². The number of benzene rings is 2. The summed E-state index contributed by atoms with van der Waals surface area (Å²) in [7, 11) is 1.54. The number of nitrogens with zero attached hydrogens (tertiary/aromatic N) is 2. The molecule has 0 radical (unpaired) electrons. The summed E-state index contributed by atoms with van der Waals surface area (Å²) in [4.78, 5) is 8.93. The third kappa shape index (κ3) is 5.28. The summed E-state index contributed by atoms with van der Waals surface area (Å²) in [6.07, 6.45) is 1.92. The third-order valence-corrected chi connectivity index (χ3v) is 5.98. The molecule has 2 aromatic carbocycles. The lowest BCUT2D eigenvalue weighted by Gasteiger charge is -2.21. The van der Waals surface area contributed by atoms with E-state index in [4.69, 9.17) is 19.3 Å². The first-order valence-electron chi connectivity index (χ1n) is 11.4. The maximum absolute atomic E-state index is 15.0. The minimum atomic E-state index is -3.69. The lowest BCUT2D eigenvalue weighted by atomic mass is 10.00. The number of methoxy groups -OCH3 is 1. The Morgan fingerprint density at radius 1 is 1.26 bits per heavy atom. The number of aliphatic hydroxyl groups is 1. The van der Waals surface area contributed by atoms with Gasteiger partial charge in [-0.2, -0.15) is 8.78 Å². The van der Waals surface area contributed by atoms with Crippen LogP contribution in [0.1, 0.15) is 42.8 Å². The predicted molar refractivity (Wildman–Crippen MR) is 125 cm³/mol. The van der Waals surface area contributed by atoms with Crippen molar-refractivity contribution in [3.05, 3.63) is 53.1 Å². The van der Waals surface area contributed by atoms with E-state index < -0.39 is 30.0 Å². The van der Waals surface area contributed by atoms with Crippen LogP contribution in [0.5, 0.6) is 11.5 Å². The number of rotatable bonds is 9. The van der Waals surface area contributed by atoms with Gasteiger partial charge in [0, 0.05) is 23.6 Å². The molecule has 35 heavy (non-hydrogen) atoms. The number of fused-ring (bicyclic) bond motifs is 1. The first-order chi connectivity index (χ1) is 16.7. The Morgan fingerprint density at radius 3 is 2.74 bits per heavy atom. The Bertz CT molecular complexity index is 1200. The molecule has 188 valence electrons. The molecule has 4 rings (SSSR count). The molecule has 1 fully saturated rings. The monoisotopic (exact) mass is 491 g/mol. The van der Waals surface area contributed by atoms with Gasteiger partial charge >= 0.3 is 0 Å². The van der Waals surface area contributed by atoms with Crippen LogP contribution in [-0.2, 0) is 10.7 Å². The van der Waals surface area contributed by atoms with Gasteiger partial charge in [0.25, 0.3) is 5.92 Å². The van der Waals surface area contributed by atoms with E-state index in [2.05, 4.69) is 15.3 Å². The summed E-state index contributed by atoms with van der Waals surface area (Å²) in [6, 6.07) is 6.47. The minimum absolute atomic E-state index is 0.00888. The van der Waals surface area contributed by atoms with E-state index in [1.807, 2.05) is 0 Å². The summed E-state index contributed by atoms with van der Waals surface area (Å²) in [5.74, 6) is -2.94. The fourth-order valence-corrected chi connectivity index (χ4v) is 4.13. The van der Waals surface area contributed by atoms with Crippen LogP contribution < -0.4 is 14.8 Å². The Balaban J connectivity index is 1.68. The van der Waals surface area contributed by atoms with E-state index >= 15 is 4.39 Å². The maximum Gasteiger partial charge on any atom is 0.298 e. The summed E-state index contributed by atoms with van der Waals surface area (Å²) in [5, 5.41) is 12.7. The zero-order valence-corrected chi connectivity index (χ0v) is 19.8. The first kappa shape index (κ1) is 25.0. The Morgan fingerprint density at radius 2 is 2.06 bits per heavy atom. The quantitative estimate of drug-likeness (QED) is 0.440. The van der Waals surface area contributed by atoms with Crippen LogP contribution in [-0.4, -0.2) is 48.1 Å². The number of hydrogen-bond donors (Lipinski definition) is 2. The van der Waals surface area contributed by atoms with Gasteiger partial charge in [-0.05, 0) is 38.8 Å². The molecule has 1 saturated heterocycles. The normalized spacial score (nSPS) is 16.9. The molecule has 10 heteroatoms. The van der Waals surface area contributed by atoms with Crippen LogP contribution in [0.2, 0.25) is 0 Å². The van der Waals surface area contributed by atoms with Crippen molar-refractivity contribution in [3.63, 3.8) is 0 Å². The number of nitrogens with one attached hydrogen (secondary N) is 1. The smallest absolute Gasteiger partial charge is 0.298 e. The van der Waals surface area contributed by atoms with Crippen molar-refractivity contribution < 1.29 is 32.5 Å². The molecule has 3 aromatic rings. The average molecular weight is 492 g/mol. The summed E-state index contributed by atoms with van der Waals surface area (Å²) < 4.78 is 60.1. The van der Waals surface area contributed by atoms with Gasteiger partial charge in [0.1, 0.15) is 30.7 Å². The second kappa shape index (κ2) is 10.2. The Hall–Kier alpha value is -3.11. The fourth-order valence-electron chi connectivity index (χ4n) is 4.13. The van der Waals surface area contributed by atoms with Gasteiger partial charge in [0.05, 0.1) is 30.3 Å². The molecule has 2 N–H and O–H groups in total. The number of hydrogen-bond acceptors (Lipinski definition) is 7. The molecule has 1 aliphatic rings. The van der Waals surface area contributed by atoms with E-state index in [9.17, 15) is 8.78 Å². The Labute approximate surface area is 201 Å². The van der Waals surface area contributed by atoms with Crippen molar-refractivity contribution >= 4 is 16.7 Å². The summed E-state index contributed by atoms with van der Waals surface area (Å²) in [6.45, 7) is 2.95. The number of halogens is 3. The zero-order valence-electron chi connectivity index (χ0n) is 19.8. The molecular formula is C25H28F3N3O4. The number of aromatic nitrogens is 2. The van der Waals surface area contributed by atoms with Gasteiger partial charge in [0.2, 0.25) is 0 Å². The van der Waals surface area contributed by atoms with Gasteiger partial charge in [0.15, 0.2) is 11.5 Å².